The Morgan fingerprint density at radius 1 is 1.19 bits per heavy atom. The van der Waals surface area contributed by atoms with Crippen molar-refractivity contribution in [3.05, 3.63) is 53.6 Å². The molecule has 1 atom stereocenters. The molecule has 0 spiro atoms. The Balaban J connectivity index is 1.47. The zero-order chi connectivity index (χ0) is 19.2. The molecular formula is C20H21NO6. The zero-order valence-electron chi connectivity index (χ0n) is 15.2. The van der Waals surface area contributed by atoms with E-state index >= 15 is 0 Å². The van der Waals surface area contributed by atoms with Gasteiger partial charge in [-0.15, -0.1) is 0 Å². The Hall–Kier alpha value is -3.22. The lowest BCUT2D eigenvalue weighted by Crippen LogP contribution is -2.37. The quantitative estimate of drug-likeness (QED) is 0.750. The lowest BCUT2D eigenvalue weighted by Gasteiger charge is -2.13. The first-order valence-electron chi connectivity index (χ1n) is 8.51. The molecule has 3 rings (SSSR count). The average Bonchev–Trinajstić information content (AvgIpc) is 3.12. The van der Waals surface area contributed by atoms with Crippen molar-refractivity contribution in [3.63, 3.8) is 0 Å². The number of methoxy groups -OCH3 is 2. The first kappa shape index (κ1) is 18.6. The van der Waals surface area contributed by atoms with Crippen LogP contribution in [-0.4, -0.2) is 45.4 Å². The fraction of sp³-hybridized carbons (Fsp3) is 0.300. The topological polar surface area (TPSA) is 83.1 Å². The summed E-state index contributed by atoms with van der Waals surface area (Å²) < 4.78 is 21.1. The van der Waals surface area contributed by atoms with E-state index in [4.69, 9.17) is 14.2 Å². The van der Waals surface area contributed by atoms with Gasteiger partial charge in [0, 0.05) is 12.5 Å². The molecule has 0 saturated carbocycles. The second-order valence-corrected chi connectivity index (χ2v) is 6.00. The third-order valence-electron chi connectivity index (χ3n) is 4.19. The van der Waals surface area contributed by atoms with Crippen molar-refractivity contribution in [3.8, 4) is 17.2 Å². The van der Waals surface area contributed by atoms with Crippen LogP contribution in [0.4, 0.5) is 0 Å². The summed E-state index contributed by atoms with van der Waals surface area (Å²) in [5, 5.41) is 2.80. The number of carbonyl (C=O) groups is 2. The summed E-state index contributed by atoms with van der Waals surface area (Å²) in [6, 6.07) is 12.5. The molecule has 27 heavy (non-hydrogen) atoms. The van der Waals surface area contributed by atoms with Crippen molar-refractivity contribution in [1.82, 2.24) is 5.32 Å². The number of esters is 1. The summed E-state index contributed by atoms with van der Waals surface area (Å²) in [7, 11) is 2.74. The van der Waals surface area contributed by atoms with E-state index in [0.717, 1.165) is 17.7 Å². The standard InChI is InChI=1S/C20H21NO6/c1-24-18-10-14(7-8-16(18)20(23)25-2)26-12-19(22)21-11-15-9-13-5-3-4-6-17(13)27-15/h3-8,10,15H,9,11-12H2,1-2H3,(H,21,22). The van der Waals surface area contributed by atoms with Gasteiger partial charge in [-0.25, -0.2) is 4.79 Å². The number of nitrogens with one attached hydrogen (secondary N) is 1. The largest absolute Gasteiger partial charge is 0.496 e. The van der Waals surface area contributed by atoms with Crippen LogP contribution in [0.25, 0.3) is 0 Å². The molecule has 1 aliphatic heterocycles. The van der Waals surface area contributed by atoms with Crippen LogP contribution in [0.3, 0.4) is 0 Å². The normalized spacial score (nSPS) is 14.7. The van der Waals surface area contributed by atoms with Crippen LogP contribution in [0.5, 0.6) is 17.2 Å². The minimum absolute atomic E-state index is 0.0780. The predicted molar refractivity (Wildman–Crippen MR) is 97.4 cm³/mol. The Kier molecular flexibility index (Phi) is 5.80. The summed E-state index contributed by atoms with van der Waals surface area (Å²) in [6.07, 6.45) is 0.689. The van der Waals surface area contributed by atoms with Crippen LogP contribution in [0.1, 0.15) is 15.9 Å². The minimum atomic E-state index is -0.506. The smallest absolute Gasteiger partial charge is 0.341 e. The van der Waals surface area contributed by atoms with Crippen molar-refractivity contribution >= 4 is 11.9 Å². The van der Waals surface area contributed by atoms with Gasteiger partial charge in [-0.05, 0) is 23.8 Å². The van der Waals surface area contributed by atoms with E-state index in [-0.39, 0.29) is 24.2 Å². The molecule has 1 N–H and O–H groups in total. The third kappa shape index (κ3) is 4.49. The SMILES string of the molecule is COC(=O)c1ccc(OCC(=O)NCC2Cc3ccccc3O2)cc1OC. The van der Waals surface area contributed by atoms with Crippen molar-refractivity contribution in [2.24, 2.45) is 0 Å². The number of carbonyl (C=O) groups excluding carboxylic acids is 2. The highest BCUT2D eigenvalue weighted by atomic mass is 16.5. The van der Waals surface area contributed by atoms with E-state index in [0.29, 0.717) is 18.0 Å². The third-order valence-corrected chi connectivity index (χ3v) is 4.19. The van der Waals surface area contributed by atoms with E-state index in [1.807, 2.05) is 24.3 Å². The highest BCUT2D eigenvalue weighted by Crippen LogP contribution is 2.28. The van der Waals surface area contributed by atoms with Gasteiger partial charge in [0.25, 0.3) is 5.91 Å². The van der Waals surface area contributed by atoms with Gasteiger partial charge in [0.1, 0.15) is 28.9 Å². The molecule has 7 heteroatoms. The molecule has 1 heterocycles. The monoisotopic (exact) mass is 371 g/mol. The number of hydrogen-bond donors (Lipinski definition) is 1. The molecule has 1 aliphatic rings. The second kappa shape index (κ2) is 8.44. The first-order valence-corrected chi connectivity index (χ1v) is 8.51. The molecule has 1 unspecified atom stereocenters. The van der Waals surface area contributed by atoms with Gasteiger partial charge >= 0.3 is 5.97 Å². The molecule has 0 bridgehead atoms. The molecule has 2 aromatic rings. The molecule has 0 radical (unpaired) electrons. The number of hydrogen-bond acceptors (Lipinski definition) is 6. The van der Waals surface area contributed by atoms with Gasteiger partial charge in [-0.3, -0.25) is 4.79 Å². The maximum absolute atomic E-state index is 12.0. The number of amides is 1. The predicted octanol–water partition coefficient (Wildman–Crippen LogP) is 1.98. The minimum Gasteiger partial charge on any atom is -0.496 e. The number of para-hydroxylation sites is 1. The maximum atomic E-state index is 12.0. The summed E-state index contributed by atoms with van der Waals surface area (Å²) in [5.74, 6) is 0.834. The van der Waals surface area contributed by atoms with Gasteiger partial charge in [0.05, 0.1) is 20.8 Å². The zero-order valence-corrected chi connectivity index (χ0v) is 15.2. The van der Waals surface area contributed by atoms with Crippen LogP contribution < -0.4 is 19.5 Å². The van der Waals surface area contributed by atoms with Crippen LogP contribution in [-0.2, 0) is 16.0 Å². The number of benzene rings is 2. The van der Waals surface area contributed by atoms with Crippen molar-refractivity contribution in [2.75, 3.05) is 27.4 Å². The summed E-state index contributed by atoms with van der Waals surface area (Å²) >= 11 is 0. The highest BCUT2D eigenvalue weighted by Gasteiger charge is 2.22. The van der Waals surface area contributed by atoms with Gasteiger partial charge < -0.3 is 24.3 Å². The lowest BCUT2D eigenvalue weighted by atomic mass is 10.1. The molecule has 0 fully saturated rings. The van der Waals surface area contributed by atoms with Gasteiger partial charge in [-0.2, -0.15) is 0 Å². The summed E-state index contributed by atoms with van der Waals surface area (Å²) in [6.45, 7) is 0.252. The lowest BCUT2D eigenvalue weighted by molar-refractivity contribution is -0.123. The van der Waals surface area contributed by atoms with Gasteiger partial charge in [-0.1, -0.05) is 18.2 Å². The van der Waals surface area contributed by atoms with Crippen molar-refractivity contribution in [1.29, 1.82) is 0 Å². The number of ether oxygens (including phenoxy) is 4. The van der Waals surface area contributed by atoms with E-state index in [9.17, 15) is 9.59 Å². The summed E-state index contributed by atoms with van der Waals surface area (Å²) in [4.78, 5) is 23.7. The molecule has 2 aromatic carbocycles. The van der Waals surface area contributed by atoms with Crippen LogP contribution in [0, 0.1) is 0 Å². The number of fused-ring (bicyclic) bond motifs is 1. The van der Waals surface area contributed by atoms with Crippen molar-refractivity contribution < 1.29 is 28.5 Å². The molecular weight excluding hydrogens is 350 g/mol. The fourth-order valence-corrected chi connectivity index (χ4v) is 2.84. The molecule has 0 aromatic heterocycles. The molecule has 0 saturated heterocycles. The average molecular weight is 371 g/mol. The van der Waals surface area contributed by atoms with Crippen LogP contribution in [0.15, 0.2) is 42.5 Å². The Bertz CT molecular complexity index is 810. The highest BCUT2D eigenvalue weighted by molar-refractivity contribution is 5.92. The van der Waals surface area contributed by atoms with Crippen LogP contribution in [0.2, 0.25) is 0 Å². The van der Waals surface area contributed by atoms with E-state index in [1.54, 1.807) is 6.07 Å². The molecule has 1 amide bonds. The fourth-order valence-electron chi connectivity index (χ4n) is 2.84. The van der Waals surface area contributed by atoms with E-state index < -0.39 is 5.97 Å². The second-order valence-electron chi connectivity index (χ2n) is 6.00. The first-order chi connectivity index (χ1) is 13.1. The Morgan fingerprint density at radius 2 is 2.00 bits per heavy atom. The Morgan fingerprint density at radius 3 is 2.74 bits per heavy atom. The van der Waals surface area contributed by atoms with Crippen LogP contribution >= 0.6 is 0 Å². The summed E-state index contributed by atoms with van der Waals surface area (Å²) in [5.41, 5.74) is 1.43. The van der Waals surface area contributed by atoms with Crippen molar-refractivity contribution in [2.45, 2.75) is 12.5 Å². The molecule has 0 aliphatic carbocycles. The van der Waals surface area contributed by atoms with Gasteiger partial charge in [0.2, 0.25) is 0 Å². The number of rotatable bonds is 7. The van der Waals surface area contributed by atoms with E-state index in [2.05, 4.69) is 10.1 Å². The Labute approximate surface area is 157 Å². The van der Waals surface area contributed by atoms with E-state index in [1.165, 1.54) is 26.4 Å². The van der Waals surface area contributed by atoms with Gasteiger partial charge in [0.15, 0.2) is 6.61 Å². The maximum Gasteiger partial charge on any atom is 0.341 e. The molecule has 142 valence electrons. The molecule has 7 nitrogen and oxygen atoms in total.